The molecule has 1 unspecified atom stereocenters. The zero-order valence-corrected chi connectivity index (χ0v) is 12.0. The van der Waals surface area contributed by atoms with Gasteiger partial charge in [0.05, 0.1) is 4.47 Å². The van der Waals surface area contributed by atoms with E-state index in [1.54, 1.807) is 33.2 Å². The van der Waals surface area contributed by atoms with Crippen molar-refractivity contribution in [1.82, 2.24) is 10.2 Å². The Labute approximate surface area is 114 Å². The van der Waals surface area contributed by atoms with Gasteiger partial charge >= 0.3 is 0 Å². The number of phenols is 1. The highest BCUT2D eigenvalue weighted by Crippen LogP contribution is 2.24. The summed E-state index contributed by atoms with van der Waals surface area (Å²) in [5, 5.41) is 12.0. The number of rotatable bonds is 3. The van der Waals surface area contributed by atoms with Crippen LogP contribution in [0.15, 0.2) is 22.7 Å². The lowest BCUT2D eigenvalue weighted by atomic mass is 10.2. The molecular formula is C12H15BrN2O3. The van der Waals surface area contributed by atoms with Crippen molar-refractivity contribution in [2.24, 2.45) is 0 Å². The number of hydrogen-bond acceptors (Lipinski definition) is 3. The number of amides is 2. The van der Waals surface area contributed by atoms with Crippen LogP contribution in [0.3, 0.4) is 0 Å². The zero-order valence-electron chi connectivity index (χ0n) is 10.4. The molecule has 0 fully saturated rings. The Morgan fingerprint density at radius 1 is 1.39 bits per heavy atom. The van der Waals surface area contributed by atoms with Gasteiger partial charge in [-0.2, -0.15) is 0 Å². The van der Waals surface area contributed by atoms with E-state index in [1.165, 1.54) is 11.0 Å². The monoisotopic (exact) mass is 314 g/mol. The first-order valence-corrected chi connectivity index (χ1v) is 6.12. The summed E-state index contributed by atoms with van der Waals surface area (Å²) in [7, 11) is 3.24. The summed E-state index contributed by atoms with van der Waals surface area (Å²) in [6.07, 6.45) is 0. The Bertz CT molecular complexity index is 474. The van der Waals surface area contributed by atoms with Gasteiger partial charge in [-0.15, -0.1) is 0 Å². The summed E-state index contributed by atoms with van der Waals surface area (Å²) in [5.74, 6) is -0.612. The Kier molecular flexibility index (Phi) is 4.72. The molecule has 98 valence electrons. The maximum atomic E-state index is 11.8. The number of halogens is 1. The second kappa shape index (κ2) is 5.86. The normalized spacial score (nSPS) is 11.8. The molecule has 0 saturated heterocycles. The summed E-state index contributed by atoms with van der Waals surface area (Å²) in [6.45, 7) is 1.61. The highest BCUT2D eigenvalue weighted by atomic mass is 79.9. The first-order valence-electron chi connectivity index (χ1n) is 5.33. The number of nitrogens with one attached hydrogen (secondary N) is 1. The van der Waals surface area contributed by atoms with Gasteiger partial charge in [0.25, 0.3) is 5.91 Å². The molecule has 2 amide bonds. The van der Waals surface area contributed by atoms with Crippen molar-refractivity contribution in [2.75, 3.05) is 14.1 Å². The average molecular weight is 315 g/mol. The van der Waals surface area contributed by atoms with Crippen LogP contribution in [-0.4, -0.2) is 42.0 Å². The van der Waals surface area contributed by atoms with E-state index in [-0.39, 0.29) is 11.7 Å². The zero-order chi connectivity index (χ0) is 13.9. The molecule has 0 aliphatic rings. The van der Waals surface area contributed by atoms with Crippen LogP contribution in [0.2, 0.25) is 0 Å². The van der Waals surface area contributed by atoms with Crippen LogP contribution >= 0.6 is 15.9 Å². The van der Waals surface area contributed by atoms with Gasteiger partial charge in [0.2, 0.25) is 5.91 Å². The highest BCUT2D eigenvalue weighted by molar-refractivity contribution is 9.10. The molecule has 1 atom stereocenters. The van der Waals surface area contributed by atoms with Crippen LogP contribution in [0.25, 0.3) is 0 Å². The lowest BCUT2D eigenvalue weighted by Crippen LogP contribution is -2.44. The number of phenolic OH excluding ortho intramolecular Hbond substituents is 1. The number of carbonyl (C=O) groups is 2. The molecule has 0 aromatic heterocycles. The molecule has 5 nitrogen and oxygen atoms in total. The van der Waals surface area contributed by atoms with Crippen LogP contribution in [0.4, 0.5) is 0 Å². The molecule has 0 heterocycles. The third kappa shape index (κ3) is 3.46. The predicted molar refractivity (Wildman–Crippen MR) is 71.4 cm³/mol. The second-order valence-corrected chi connectivity index (χ2v) is 4.95. The molecule has 1 aromatic rings. The molecule has 1 rings (SSSR count). The van der Waals surface area contributed by atoms with Crippen LogP contribution in [0.5, 0.6) is 5.75 Å². The maximum absolute atomic E-state index is 11.8. The third-order valence-corrected chi connectivity index (χ3v) is 3.04. The van der Waals surface area contributed by atoms with E-state index >= 15 is 0 Å². The summed E-state index contributed by atoms with van der Waals surface area (Å²) in [4.78, 5) is 24.8. The van der Waals surface area contributed by atoms with Gasteiger partial charge in [-0.25, -0.2) is 0 Å². The fourth-order valence-corrected chi connectivity index (χ4v) is 1.63. The topological polar surface area (TPSA) is 69.6 Å². The fraction of sp³-hybridized carbons (Fsp3) is 0.333. The van der Waals surface area contributed by atoms with Gasteiger partial charge in [0.1, 0.15) is 11.8 Å². The second-order valence-electron chi connectivity index (χ2n) is 4.09. The number of aromatic hydroxyl groups is 1. The molecule has 0 saturated carbocycles. The molecular weight excluding hydrogens is 300 g/mol. The molecule has 6 heteroatoms. The predicted octanol–water partition coefficient (Wildman–Crippen LogP) is 1.36. The van der Waals surface area contributed by atoms with E-state index in [0.29, 0.717) is 10.0 Å². The summed E-state index contributed by atoms with van der Waals surface area (Å²) < 4.78 is 0.511. The van der Waals surface area contributed by atoms with Gasteiger partial charge in [-0.1, -0.05) is 0 Å². The molecule has 1 aromatic carbocycles. The number of nitrogens with zero attached hydrogens (tertiary/aromatic N) is 1. The third-order valence-electron chi connectivity index (χ3n) is 2.37. The molecule has 0 aliphatic carbocycles. The minimum Gasteiger partial charge on any atom is -0.507 e. The fourth-order valence-electron chi connectivity index (χ4n) is 1.38. The van der Waals surface area contributed by atoms with E-state index in [2.05, 4.69) is 21.2 Å². The van der Waals surface area contributed by atoms with Gasteiger partial charge < -0.3 is 15.3 Å². The van der Waals surface area contributed by atoms with Crippen LogP contribution in [0.1, 0.15) is 17.3 Å². The largest absolute Gasteiger partial charge is 0.507 e. The quantitative estimate of drug-likeness (QED) is 0.885. The molecule has 0 spiro atoms. The van der Waals surface area contributed by atoms with Crippen molar-refractivity contribution in [3.63, 3.8) is 0 Å². The van der Waals surface area contributed by atoms with Crippen LogP contribution in [0, 0.1) is 0 Å². The van der Waals surface area contributed by atoms with Crippen LogP contribution < -0.4 is 5.32 Å². The number of likely N-dealkylation sites (N-methyl/N-ethyl adjacent to an activating group) is 1. The first kappa shape index (κ1) is 14.5. The average Bonchev–Trinajstić information content (AvgIpc) is 2.31. The summed E-state index contributed by atoms with van der Waals surface area (Å²) in [6, 6.07) is 3.86. The van der Waals surface area contributed by atoms with Crippen molar-refractivity contribution in [3.8, 4) is 5.75 Å². The van der Waals surface area contributed by atoms with Gasteiger partial charge in [0, 0.05) is 19.7 Å². The van der Waals surface area contributed by atoms with Crippen molar-refractivity contribution in [2.45, 2.75) is 13.0 Å². The molecule has 18 heavy (non-hydrogen) atoms. The van der Waals surface area contributed by atoms with Gasteiger partial charge in [-0.05, 0) is 41.1 Å². The van der Waals surface area contributed by atoms with Crippen molar-refractivity contribution in [1.29, 1.82) is 0 Å². The number of carbonyl (C=O) groups excluding carboxylic acids is 2. The van der Waals surface area contributed by atoms with E-state index in [0.717, 1.165) is 0 Å². The van der Waals surface area contributed by atoms with Crippen molar-refractivity contribution in [3.05, 3.63) is 28.2 Å². The maximum Gasteiger partial charge on any atom is 0.252 e. The number of benzene rings is 1. The molecule has 0 aliphatic heterocycles. The highest BCUT2D eigenvalue weighted by Gasteiger charge is 2.18. The lowest BCUT2D eigenvalue weighted by Gasteiger charge is -2.18. The van der Waals surface area contributed by atoms with E-state index in [9.17, 15) is 14.7 Å². The van der Waals surface area contributed by atoms with Gasteiger partial charge in [0.15, 0.2) is 0 Å². The standard InChI is InChI=1S/C12H15BrN2O3/c1-7(12(18)15(2)3)14-11(17)8-4-5-9(13)10(16)6-8/h4-7,16H,1-3H3,(H,14,17). The molecule has 2 N–H and O–H groups in total. The van der Waals surface area contributed by atoms with E-state index < -0.39 is 11.9 Å². The minimum atomic E-state index is -0.613. The van der Waals surface area contributed by atoms with E-state index in [4.69, 9.17) is 0 Å². The molecule has 0 bridgehead atoms. The Morgan fingerprint density at radius 2 is 2.00 bits per heavy atom. The Hall–Kier alpha value is -1.56. The number of hydrogen-bond donors (Lipinski definition) is 2. The lowest BCUT2D eigenvalue weighted by molar-refractivity contribution is -0.130. The van der Waals surface area contributed by atoms with Crippen molar-refractivity contribution >= 4 is 27.7 Å². The van der Waals surface area contributed by atoms with Gasteiger partial charge in [-0.3, -0.25) is 9.59 Å². The Balaban J connectivity index is 2.76. The Morgan fingerprint density at radius 3 is 2.50 bits per heavy atom. The SMILES string of the molecule is CC(NC(=O)c1ccc(Br)c(O)c1)C(=O)N(C)C. The summed E-state index contributed by atoms with van der Waals surface area (Å²) in [5.41, 5.74) is 0.300. The smallest absolute Gasteiger partial charge is 0.252 e. The van der Waals surface area contributed by atoms with Crippen molar-refractivity contribution < 1.29 is 14.7 Å². The molecule has 0 radical (unpaired) electrons. The minimum absolute atomic E-state index is 0.0192. The first-order chi connectivity index (χ1) is 8.32. The summed E-state index contributed by atoms with van der Waals surface area (Å²) >= 11 is 3.13. The van der Waals surface area contributed by atoms with E-state index in [1.807, 2.05) is 0 Å². The van der Waals surface area contributed by atoms with Crippen LogP contribution in [-0.2, 0) is 4.79 Å².